The molecule has 0 spiro atoms. The van der Waals surface area contributed by atoms with Crippen LogP contribution in [0.1, 0.15) is 67.3 Å². The van der Waals surface area contributed by atoms with Gasteiger partial charge in [-0.15, -0.1) is 0 Å². The molecule has 246 valence electrons. The fourth-order valence-electron chi connectivity index (χ4n) is 7.89. The van der Waals surface area contributed by atoms with Crippen LogP contribution >= 0.6 is 0 Å². The number of hydrogen-bond acceptors (Lipinski definition) is 6. The highest BCUT2D eigenvalue weighted by Crippen LogP contribution is 2.31. The molecule has 2 aromatic carbocycles. The molecule has 6 rings (SSSR count). The average Bonchev–Trinajstić information content (AvgIpc) is 3.11. The topological polar surface area (TPSA) is 120 Å². The van der Waals surface area contributed by atoms with Crippen molar-refractivity contribution < 1.29 is 28.4 Å². The Hall–Kier alpha value is -3.96. The third-order valence-corrected chi connectivity index (χ3v) is 10.5. The molecule has 4 heterocycles. The lowest BCUT2D eigenvalue weighted by Gasteiger charge is -2.47. The summed E-state index contributed by atoms with van der Waals surface area (Å²) in [5.74, 6) is 0.0863. The molecule has 5 amide bonds. The van der Waals surface area contributed by atoms with E-state index in [0.29, 0.717) is 48.3 Å². The van der Waals surface area contributed by atoms with Crippen molar-refractivity contribution in [1.82, 2.24) is 20.4 Å². The van der Waals surface area contributed by atoms with Gasteiger partial charge in [0.15, 0.2) is 6.04 Å². The lowest BCUT2D eigenvalue weighted by Crippen LogP contribution is -2.68. The number of rotatable bonds is 8. The van der Waals surface area contributed by atoms with Crippen molar-refractivity contribution in [3.8, 4) is 5.75 Å². The van der Waals surface area contributed by atoms with Crippen LogP contribution in [0.5, 0.6) is 5.75 Å². The van der Waals surface area contributed by atoms with Gasteiger partial charge < -0.3 is 30.5 Å². The van der Waals surface area contributed by atoms with E-state index in [1.54, 1.807) is 36.3 Å². The second-order valence-corrected chi connectivity index (χ2v) is 13.1. The van der Waals surface area contributed by atoms with Gasteiger partial charge in [0.25, 0.3) is 5.91 Å². The van der Waals surface area contributed by atoms with Gasteiger partial charge in [-0.25, -0.2) is 9.59 Å². The number of nitrogens with zero attached hydrogens (tertiary/aromatic N) is 3. The number of benzene rings is 2. The van der Waals surface area contributed by atoms with Gasteiger partial charge in [-0.1, -0.05) is 18.2 Å². The van der Waals surface area contributed by atoms with Crippen LogP contribution in [0.2, 0.25) is 0 Å². The normalized spacial score (nSPS) is 21.1. The number of fused-ring (bicyclic) bond motifs is 1. The van der Waals surface area contributed by atoms with E-state index < -0.39 is 6.04 Å². The molecule has 11 nitrogen and oxygen atoms in total. The molecule has 0 saturated carbocycles. The zero-order valence-electron chi connectivity index (χ0n) is 26.8. The summed E-state index contributed by atoms with van der Waals surface area (Å²) >= 11 is 0. The number of carbonyl (C=O) groups excluding carboxylic acids is 4. The highest BCUT2D eigenvalue weighted by atomic mass is 16.5. The molecule has 1 unspecified atom stereocenters. The number of hydrogen-bond donors (Lipinski definition) is 3. The van der Waals surface area contributed by atoms with Crippen molar-refractivity contribution in [2.45, 2.75) is 76.0 Å². The van der Waals surface area contributed by atoms with Crippen LogP contribution in [0.25, 0.3) is 0 Å². The summed E-state index contributed by atoms with van der Waals surface area (Å²) in [6, 6.07) is 13.8. The minimum Gasteiger partial charge on any atom is -0.497 e. The van der Waals surface area contributed by atoms with Crippen LogP contribution < -0.4 is 20.7 Å². The van der Waals surface area contributed by atoms with E-state index >= 15 is 0 Å². The van der Waals surface area contributed by atoms with Crippen molar-refractivity contribution in [2.24, 2.45) is 0 Å². The van der Waals surface area contributed by atoms with Crippen LogP contribution in [0.4, 0.5) is 10.5 Å². The Kier molecular flexibility index (Phi) is 9.89. The number of carbonyl (C=O) groups is 4. The summed E-state index contributed by atoms with van der Waals surface area (Å²) < 4.78 is 5.59. The van der Waals surface area contributed by atoms with Crippen LogP contribution in [-0.4, -0.2) is 103 Å². The highest BCUT2D eigenvalue weighted by Gasteiger charge is 2.49. The second-order valence-electron chi connectivity index (χ2n) is 13.1. The van der Waals surface area contributed by atoms with E-state index in [2.05, 4.69) is 16.0 Å². The first-order chi connectivity index (χ1) is 22.4. The molecule has 3 saturated heterocycles. The Labute approximate surface area is 271 Å². The number of methoxy groups -OCH3 is 1. The number of nitrogens with one attached hydrogen (secondary N) is 3. The second kappa shape index (κ2) is 14.2. The Morgan fingerprint density at radius 1 is 0.957 bits per heavy atom. The number of piperidine rings is 3. The molecule has 0 bridgehead atoms. The van der Waals surface area contributed by atoms with Gasteiger partial charge in [0.2, 0.25) is 5.91 Å². The van der Waals surface area contributed by atoms with Crippen molar-refractivity contribution in [3.63, 3.8) is 0 Å². The molecule has 0 radical (unpaired) electrons. The number of urea groups is 1. The first-order valence-electron chi connectivity index (χ1n) is 16.9. The lowest BCUT2D eigenvalue weighted by atomic mass is 9.93. The van der Waals surface area contributed by atoms with Crippen LogP contribution in [0.3, 0.4) is 0 Å². The lowest BCUT2D eigenvalue weighted by molar-refractivity contribution is -0.886. The van der Waals surface area contributed by atoms with Gasteiger partial charge in [-0.3, -0.25) is 14.1 Å². The minimum atomic E-state index is -0.933. The first-order valence-corrected chi connectivity index (χ1v) is 16.9. The van der Waals surface area contributed by atoms with Gasteiger partial charge in [-0.2, -0.15) is 0 Å². The van der Waals surface area contributed by atoms with E-state index in [1.807, 2.05) is 29.2 Å². The SMILES string of the molecule is COc1ccc(C(=O)NC(CC(=O)N2CCC(N3Cc4ccccc4NC3=O)CC2)C(=O)[N+]2(C3CCNCC3)CCCCC2)cc1. The predicted molar refractivity (Wildman–Crippen MR) is 174 cm³/mol. The Balaban J connectivity index is 1.17. The summed E-state index contributed by atoms with van der Waals surface area (Å²) in [6.45, 7) is 4.78. The molecular formula is C35H47N6O5+. The smallest absolute Gasteiger partial charge is 0.336 e. The molecular weight excluding hydrogens is 584 g/mol. The number of likely N-dealkylation sites (tertiary alicyclic amines) is 2. The van der Waals surface area contributed by atoms with E-state index in [9.17, 15) is 19.2 Å². The maximum absolute atomic E-state index is 14.7. The zero-order chi connectivity index (χ0) is 32.1. The first kappa shape index (κ1) is 32.0. The van der Waals surface area contributed by atoms with Crippen molar-refractivity contribution in [3.05, 3.63) is 59.7 Å². The Morgan fingerprint density at radius 2 is 1.65 bits per heavy atom. The zero-order valence-corrected chi connectivity index (χ0v) is 26.8. The third kappa shape index (κ3) is 6.76. The molecule has 4 aliphatic heterocycles. The van der Waals surface area contributed by atoms with E-state index in [4.69, 9.17) is 4.74 Å². The van der Waals surface area contributed by atoms with Crippen molar-refractivity contribution in [2.75, 3.05) is 51.7 Å². The van der Waals surface area contributed by atoms with E-state index in [0.717, 1.165) is 69.5 Å². The van der Waals surface area contributed by atoms with Crippen molar-refractivity contribution in [1.29, 1.82) is 0 Å². The molecule has 2 aromatic rings. The molecule has 0 aliphatic carbocycles. The van der Waals surface area contributed by atoms with Crippen LogP contribution in [-0.2, 0) is 16.1 Å². The standard InChI is InChI=1S/C35H46N6O5/c1-46-29-11-9-25(10-12-29)33(43)37-31(34(44)41(21-5-2-6-22-41)28-13-17-36-18-14-28)23-32(42)39-19-15-27(16-20-39)40-24-26-7-3-4-8-30(26)38-35(40)45/h3-4,7-12,27-28,31,36H,2,5-6,13-24H2,1H3,(H-,37,38,43,45)/p+1. The summed E-state index contributed by atoms with van der Waals surface area (Å²) in [6.07, 6.45) is 6.07. The van der Waals surface area contributed by atoms with Gasteiger partial charge >= 0.3 is 11.9 Å². The van der Waals surface area contributed by atoms with Crippen LogP contribution in [0.15, 0.2) is 48.5 Å². The summed E-state index contributed by atoms with van der Waals surface area (Å²) in [7, 11) is 1.57. The summed E-state index contributed by atoms with van der Waals surface area (Å²) in [5, 5.41) is 9.43. The fraction of sp³-hybridized carbons (Fsp3) is 0.543. The number of anilines is 1. The summed E-state index contributed by atoms with van der Waals surface area (Å²) in [5.41, 5.74) is 2.35. The Morgan fingerprint density at radius 3 is 2.35 bits per heavy atom. The molecule has 46 heavy (non-hydrogen) atoms. The van der Waals surface area contributed by atoms with E-state index in [-0.39, 0.29) is 42.3 Å². The van der Waals surface area contributed by atoms with Gasteiger partial charge in [0.05, 0.1) is 32.7 Å². The largest absolute Gasteiger partial charge is 0.497 e. The number of ether oxygens (including phenoxy) is 1. The molecule has 11 heteroatoms. The molecule has 0 aromatic heterocycles. The maximum Gasteiger partial charge on any atom is 0.336 e. The number of para-hydroxylation sites is 1. The summed E-state index contributed by atoms with van der Waals surface area (Å²) in [4.78, 5) is 58.7. The number of quaternary nitrogens is 1. The maximum atomic E-state index is 14.7. The quantitative estimate of drug-likeness (QED) is 0.384. The molecule has 4 aliphatic rings. The van der Waals surface area contributed by atoms with Gasteiger partial charge in [-0.05, 0) is 68.0 Å². The minimum absolute atomic E-state index is 0.0201. The fourth-order valence-corrected chi connectivity index (χ4v) is 7.89. The van der Waals surface area contributed by atoms with Gasteiger partial charge in [0.1, 0.15) is 5.75 Å². The van der Waals surface area contributed by atoms with E-state index in [1.165, 1.54) is 0 Å². The number of amides is 5. The molecule has 3 fully saturated rings. The predicted octanol–water partition coefficient (Wildman–Crippen LogP) is 3.50. The average molecular weight is 632 g/mol. The highest BCUT2D eigenvalue weighted by molar-refractivity contribution is 5.98. The van der Waals surface area contributed by atoms with Gasteiger partial charge in [0, 0.05) is 62.9 Å². The monoisotopic (exact) mass is 631 g/mol. The Bertz CT molecular complexity index is 1410. The molecule has 3 N–H and O–H groups in total. The van der Waals surface area contributed by atoms with Crippen LogP contribution in [0, 0.1) is 0 Å². The third-order valence-electron chi connectivity index (χ3n) is 10.5. The van der Waals surface area contributed by atoms with Crippen molar-refractivity contribution >= 4 is 29.4 Å². The molecule has 1 atom stereocenters.